The van der Waals surface area contributed by atoms with Crippen LogP contribution < -0.4 is 10.1 Å². The average molecular weight is 325 g/mol. The number of carboxylic acid groups (broad SMARTS) is 1. The van der Waals surface area contributed by atoms with Gasteiger partial charge in [-0.25, -0.2) is 4.79 Å². The van der Waals surface area contributed by atoms with Gasteiger partial charge in [-0.2, -0.15) is 0 Å². The maximum Gasteiger partial charge on any atom is 0.407 e. The maximum absolute atomic E-state index is 11.1. The van der Waals surface area contributed by atoms with Gasteiger partial charge in [0.05, 0.1) is 37.3 Å². The number of para-hydroxylation sites is 1. The Morgan fingerprint density at radius 1 is 1.57 bits per heavy atom. The number of benzene rings is 1. The van der Waals surface area contributed by atoms with E-state index in [1.807, 2.05) is 0 Å². The summed E-state index contributed by atoms with van der Waals surface area (Å²) < 4.78 is 10.8. The number of nitro benzene ring substituents is 1. The first-order valence-electron chi connectivity index (χ1n) is 7.11. The molecule has 126 valence electrons. The molecule has 0 bridgehead atoms. The zero-order valence-electron chi connectivity index (χ0n) is 12.9. The molecule has 2 rings (SSSR count). The molecule has 9 nitrogen and oxygen atoms in total. The highest BCUT2D eigenvalue weighted by molar-refractivity contribution is 5.70. The number of ether oxygens (including phenoxy) is 2. The lowest BCUT2D eigenvalue weighted by Crippen LogP contribution is -2.50. The smallest absolute Gasteiger partial charge is 0.407 e. The first-order valence-corrected chi connectivity index (χ1v) is 7.11. The van der Waals surface area contributed by atoms with Crippen molar-refractivity contribution in [2.24, 2.45) is 0 Å². The zero-order chi connectivity index (χ0) is 17.0. The van der Waals surface area contributed by atoms with Gasteiger partial charge in [0, 0.05) is 12.6 Å². The van der Waals surface area contributed by atoms with Gasteiger partial charge in [0.1, 0.15) is 5.75 Å². The van der Waals surface area contributed by atoms with E-state index in [-0.39, 0.29) is 30.6 Å². The summed E-state index contributed by atoms with van der Waals surface area (Å²) in [6, 6.07) is 4.52. The molecule has 2 atom stereocenters. The number of morpholine rings is 1. The van der Waals surface area contributed by atoms with Crippen LogP contribution in [0.3, 0.4) is 0 Å². The van der Waals surface area contributed by atoms with Crippen molar-refractivity contribution in [2.45, 2.75) is 19.1 Å². The monoisotopic (exact) mass is 325 g/mol. The van der Waals surface area contributed by atoms with Gasteiger partial charge in [0.25, 0.3) is 5.69 Å². The van der Waals surface area contributed by atoms with Crippen molar-refractivity contribution in [1.29, 1.82) is 0 Å². The molecular formula is C14H19N3O6. The third-order valence-corrected chi connectivity index (χ3v) is 3.52. The van der Waals surface area contributed by atoms with Gasteiger partial charge in [-0.15, -0.1) is 0 Å². The summed E-state index contributed by atoms with van der Waals surface area (Å²) in [6.45, 7) is 2.53. The summed E-state index contributed by atoms with van der Waals surface area (Å²) in [5, 5.41) is 23.2. The number of hydrogen-bond donors (Lipinski definition) is 2. The van der Waals surface area contributed by atoms with Crippen molar-refractivity contribution in [3.63, 3.8) is 0 Å². The van der Waals surface area contributed by atoms with Crippen LogP contribution in [0.4, 0.5) is 16.2 Å². The molecule has 2 N–H and O–H groups in total. The van der Waals surface area contributed by atoms with Crippen molar-refractivity contribution in [1.82, 2.24) is 4.90 Å². The summed E-state index contributed by atoms with van der Waals surface area (Å²) in [5.74, 6) is 0.346. The summed E-state index contributed by atoms with van der Waals surface area (Å²) >= 11 is 0. The molecule has 1 saturated heterocycles. The van der Waals surface area contributed by atoms with Crippen molar-refractivity contribution < 1.29 is 24.3 Å². The fourth-order valence-electron chi connectivity index (χ4n) is 2.55. The van der Waals surface area contributed by atoms with Crippen LogP contribution in [0.15, 0.2) is 18.2 Å². The number of nitro groups is 1. The Kier molecular flexibility index (Phi) is 5.22. The molecule has 0 spiro atoms. The van der Waals surface area contributed by atoms with Crippen LogP contribution in [-0.2, 0) is 4.74 Å². The second-order valence-electron chi connectivity index (χ2n) is 5.25. The molecule has 0 unspecified atom stereocenters. The van der Waals surface area contributed by atoms with E-state index >= 15 is 0 Å². The first kappa shape index (κ1) is 16.8. The number of amides is 1. The summed E-state index contributed by atoms with van der Waals surface area (Å²) in [4.78, 5) is 23.0. The predicted octanol–water partition coefficient (Wildman–Crippen LogP) is 1.78. The van der Waals surface area contributed by atoms with Crippen molar-refractivity contribution in [3.8, 4) is 5.75 Å². The molecule has 1 aliphatic heterocycles. The molecule has 0 saturated carbocycles. The van der Waals surface area contributed by atoms with Crippen LogP contribution in [0.5, 0.6) is 5.75 Å². The number of hydrogen-bond acceptors (Lipinski definition) is 6. The lowest BCUT2D eigenvalue weighted by molar-refractivity contribution is -0.384. The largest absolute Gasteiger partial charge is 0.494 e. The van der Waals surface area contributed by atoms with E-state index in [0.29, 0.717) is 12.3 Å². The maximum atomic E-state index is 11.1. The topological polar surface area (TPSA) is 114 Å². The number of methoxy groups -OCH3 is 1. The Balaban J connectivity index is 2.11. The second-order valence-corrected chi connectivity index (χ2v) is 5.25. The normalized spacial score (nSPS) is 20.9. The summed E-state index contributed by atoms with van der Waals surface area (Å²) in [6.07, 6.45) is -1.65. The highest BCUT2D eigenvalue weighted by Gasteiger charge is 2.29. The van der Waals surface area contributed by atoms with Crippen LogP contribution in [0.1, 0.15) is 6.92 Å². The molecule has 1 aromatic carbocycles. The minimum atomic E-state index is -1.01. The molecule has 1 fully saturated rings. The summed E-state index contributed by atoms with van der Waals surface area (Å²) in [7, 11) is 1.43. The quantitative estimate of drug-likeness (QED) is 0.626. The Bertz CT molecular complexity index is 594. The van der Waals surface area contributed by atoms with E-state index in [4.69, 9.17) is 14.6 Å². The van der Waals surface area contributed by atoms with E-state index < -0.39 is 17.1 Å². The molecule has 23 heavy (non-hydrogen) atoms. The standard InChI is InChI=1S/C14H19N3O6/c1-9-7-16(14(18)19)8-10(23-9)6-15-13-11(17(20)21)4-3-5-12(13)22-2/h3-5,9-10,15H,6-8H2,1-2H3,(H,18,19)/t9-,10+/m0/s1. The second kappa shape index (κ2) is 7.14. The third kappa shape index (κ3) is 4.01. The van der Waals surface area contributed by atoms with Gasteiger partial charge in [-0.1, -0.05) is 6.07 Å². The molecule has 0 aromatic heterocycles. The molecule has 0 radical (unpaired) electrons. The average Bonchev–Trinajstić information content (AvgIpc) is 2.51. The van der Waals surface area contributed by atoms with E-state index in [1.54, 1.807) is 13.0 Å². The van der Waals surface area contributed by atoms with Crippen LogP contribution in [-0.4, -0.2) is 60.0 Å². The molecule has 1 amide bonds. The van der Waals surface area contributed by atoms with Crippen LogP contribution in [0.25, 0.3) is 0 Å². The third-order valence-electron chi connectivity index (χ3n) is 3.52. The molecular weight excluding hydrogens is 306 g/mol. The van der Waals surface area contributed by atoms with E-state index in [1.165, 1.54) is 24.1 Å². The van der Waals surface area contributed by atoms with Gasteiger partial charge in [0.15, 0.2) is 5.69 Å². The number of carbonyl (C=O) groups is 1. The lowest BCUT2D eigenvalue weighted by Gasteiger charge is -2.35. The number of rotatable bonds is 5. The van der Waals surface area contributed by atoms with Crippen molar-refractivity contribution in [2.75, 3.05) is 32.1 Å². The van der Waals surface area contributed by atoms with Gasteiger partial charge in [-0.3, -0.25) is 10.1 Å². The SMILES string of the molecule is COc1cccc([N+](=O)[O-])c1NC[C@@H]1CN(C(=O)O)C[C@H](C)O1. The zero-order valence-corrected chi connectivity index (χ0v) is 12.9. The van der Waals surface area contributed by atoms with Gasteiger partial charge >= 0.3 is 6.09 Å². The fraction of sp³-hybridized carbons (Fsp3) is 0.500. The molecule has 1 aromatic rings. The number of nitrogens with one attached hydrogen (secondary N) is 1. The van der Waals surface area contributed by atoms with Gasteiger partial charge in [0.2, 0.25) is 0 Å². The van der Waals surface area contributed by atoms with Gasteiger partial charge in [-0.05, 0) is 13.0 Å². The highest BCUT2D eigenvalue weighted by atomic mass is 16.6. The fourth-order valence-corrected chi connectivity index (χ4v) is 2.55. The Hall–Kier alpha value is -2.55. The van der Waals surface area contributed by atoms with Crippen LogP contribution in [0.2, 0.25) is 0 Å². The lowest BCUT2D eigenvalue weighted by atomic mass is 10.2. The molecule has 9 heteroatoms. The Labute approximate surface area is 132 Å². The molecule has 1 aliphatic rings. The minimum Gasteiger partial charge on any atom is -0.494 e. The van der Waals surface area contributed by atoms with Crippen molar-refractivity contribution >= 4 is 17.5 Å². The number of anilines is 1. The van der Waals surface area contributed by atoms with Crippen molar-refractivity contribution in [3.05, 3.63) is 28.3 Å². The summed E-state index contributed by atoms with van der Waals surface area (Å²) in [5.41, 5.74) is 0.145. The molecule has 1 heterocycles. The molecule has 0 aliphatic carbocycles. The van der Waals surface area contributed by atoms with Crippen LogP contribution >= 0.6 is 0 Å². The Morgan fingerprint density at radius 2 is 2.30 bits per heavy atom. The van der Waals surface area contributed by atoms with E-state index in [2.05, 4.69) is 5.32 Å². The van der Waals surface area contributed by atoms with Gasteiger partial charge < -0.3 is 24.8 Å². The highest BCUT2D eigenvalue weighted by Crippen LogP contribution is 2.34. The van der Waals surface area contributed by atoms with E-state index in [9.17, 15) is 14.9 Å². The minimum absolute atomic E-state index is 0.108. The van der Waals surface area contributed by atoms with E-state index in [0.717, 1.165) is 0 Å². The van der Waals surface area contributed by atoms with Crippen LogP contribution in [0, 0.1) is 10.1 Å². The Morgan fingerprint density at radius 3 is 2.91 bits per heavy atom. The number of nitrogens with zero attached hydrogens (tertiary/aromatic N) is 2. The first-order chi connectivity index (χ1) is 10.9. The predicted molar refractivity (Wildman–Crippen MR) is 82.1 cm³/mol.